The summed E-state index contributed by atoms with van der Waals surface area (Å²) in [6.07, 6.45) is 0. The molecule has 0 bridgehead atoms. The highest BCUT2D eigenvalue weighted by atomic mass is 16.5. The van der Waals surface area contributed by atoms with Crippen LogP contribution in [0.15, 0.2) is 54.6 Å². The summed E-state index contributed by atoms with van der Waals surface area (Å²) < 4.78 is 5.11. The van der Waals surface area contributed by atoms with Crippen molar-refractivity contribution in [2.75, 3.05) is 20.2 Å². The van der Waals surface area contributed by atoms with Gasteiger partial charge >= 0.3 is 0 Å². The number of rotatable bonds is 8. The maximum Gasteiger partial charge on any atom is 0.234 e. The minimum absolute atomic E-state index is 0.001000. The van der Waals surface area contributed by atoms with E-state index >= 15 is 0 Å². The minimum Gasteiger partial charge on any atom is -0.497 e. The first-order valence-corrected chi connectivity index (χ1v) is 7.84. The molecule has 122 valence electrons. The first-order valence-electron chi connectivity index (χ1n) is 7.84. The van der Waals surface area contributed by atoms with Crippen LogP contribution in [0, 0.1) is 0 Å². The molecule has 1 amide bonds. The van der Waals surface area contributed by atoms with Crippen LogP contribution in [0.5, 0.6) is 5.75 Å². The lowest BCUT2D eigenvalue weighted by atomic mass is 10.0. The predicted octanol–water partition coefficient (Wildman–Crippen LogP) is 2.70. The Balaban J connectivity index is 1.66. The van der Waals surface area contributed by atoms with E-state index in [0.717, 1.165) is 17.9 Å². The van der Waals surface area contributed by atoms with Gasteiger partial charge in [-0.2, -0.15) is 0 Å². The van der Waals surface area contributed by atoms with Gasteiger partial charge in [0.2, 0.25) is 5.91 Å². The van der Waals surface area contributed by atoms with Crippen LogP contribution >= 0.6 is 0 Å². The van der Waals surface area contributed by atoms with Crippen molar-refractivity contribution in [3.63, 3.8) is 0 Å². The second kappa shape index (κ2) is 8.96. The Kier molecular flexibility index (Phi) is 6.63. The van der Waals surface area contributed by atoms with E-state index in [-0.39, 0.29) is 5.91 Å². The van der Waals surface area contributed by atoms with Crippen LogP contribution in [0.1, 0.15) is 24.0 Å². The van der Waals surface area contributed by atoms with Crippen molar-refractivity contribution >= 4 is 5.91 Å². The lowest BCUT2D eigenvalue weighted by Gasteiger charge is -2.13. The third-order valence-corrected chi connectivity index (χ3v) is 3.75. The smallest absolute Gasteiger partial charge is 0.234 e. The van der Waals surface area contributed by atoms with Gasteiger partial charge in [0, 0.05) is 13.1 Å². The van der Waals surface area contributed by atoms with Crippen molar-refractivity contribution in [3.05, 3.63) is 65.7 Å². The van der Waals surface area contributed by atoms with E-state index in [0.29, 0.717) is 19.0 Å². The molecule has 0 saturated carbocycles. The van der Waals surface area contributed by atoms with Gasteiger partial charge in [-0.05, 0) is 29.2 Å². The van der Waals surface area contributed by atoms with Crippen molar-refractivity contribution in [1.82, 2.24) is 10.6 Å². The Morgan fingerprint density at radius 1 is 1.09 bits per heavy atom. The van der Waals surface area contributed by atoms with E-state index in [1.807, 2.05) is 42.5 Å². The van der Waals surface area contributed by atoms with Crippen LogP contribution in [0.25, 0.3) is 0 Å². The molecule has 2 aromatic rings. The second-order valence-electron chi connectivity index (χ2n) is 5.57. The fourth-order valence-electron chi connectivity index (χ4n) is 2.31. The maximum absolute atomic E-state index is 11.9. The Bertz CT molecular complexity index is 597. The molecule has 0 radical (unpaired) electrons. The Morgan fingerprint density at radius 2 is 1.78 bits per heavy atom. The quantitative estimate of drug-likeness (QED) is 0.788. The van der Waals surface area contributed by atoms with Gasteiger partial charge in [0.15, 0.2) is 0 Å². The van der Waals surface area contributed by atoms with Crippen LogP contribution in [0.3, 0.4) is 0 Å². The molecular weight excluding hydrogens is 288 g/mol. The summed E-state index contributed by atoms with van der Waals surface area (Å²) >= 11 is 0. The van der Waals surface area contributed by atoms with E-state index in [1.54, 1.807) is 7.11 Å². The molecule has 2 aromatic carbocycles. The zero-order valence-corrected chi connectivity index (χ0v) is 13.7. The van der Waals surface area contributed by atoms with Crippen molar-refractivity contribution in [3.8, 4) is 5.75 Å². The molecule has 0 aliphatic carbocycles. The third kappa shape index (κ3) is 5.75. The van der Waals surface area contributed by atoms with Gasteiger partial charge < -0.3 is 15.4 Å². The first-order chi connectivity index (χ1) is 11.2. The van der Waals surface area contributed by atoms with Crippen molar-refractivity contribution < 1.29 is 9.53 Å². The molecule has 4 heteroatoms. The summed E-state index contributed by atoms with van der Waals surface area (Å²) in [7, 11) is 1.64. The molecule has 2 N–H and O–H groups in total. The number of hydrogen-bond acceptors (Lipinski definition) is 3. The van der Waals surface area contributed by atoms with Crippen LogP contribution in [0.2, 0.25) is 0 Å². The Morgan fingerprint density at radius 3 is 2.43 bits per heavy atom. The highest BCUT2D eigenvalue weighted by molar-refractivity contribution is 5.77. The fraction of sp³-hybridized carbons (Fsp3) is 0.316. The molecule has 4 nitrogen and oxygen atoms in total. The summed E-state index contributed by atoms with van der Waals surface area (Å²) in [5.41, 5.74) is 2.33. The number of carbonyl (C=O) groups excluding carboxylic acids is 1. The predicted molar refractivity (Wildman–Crippen MR) is 92.6 cm³/mol. The molecule has 0 aliphatic heterocycles. The van der Waals surface area contributed by atoms with Crippen LogP contribution in [-0.4, -0.2) is 26.1 Å². The van der Waals surface area contributed by atoms with Crippen LogP contribution < -0.4 is 15.4 Å². The number of hydrogen-bond donors (Lipinski definition) is 2. The highest BCUT2D eigenvalue weighted by Crippen LogP contribution is 2.13. The summed E-state index contributed by atoms with van der Waals surface area (Å²) in [6, 6.07) is 18.0. The Hall–Kier alpha value is -2.33. The van der Waals surface area contributed by atoms with E-state index < -0.39 is 0 Å². The van der Waals surface area contributed by atoms with Gasteiger partial charge in [0.05, 0.1) is 13.7 Å². The van der Waals surface area contributed by atoms with Gasteiger partial charge in [-0.15, -0.1) is 0 Å². The number of nitrogens with one attached hydrogen (secondary N) is 2. The SMILES string of the molecule is COc1ccc(CNC(=O)CNCC(C)c2ccccc2)cc1. The fourth-order valence-corrected chi connectivity index (χ4v) is 2.31. The average Bonchev–Trinajstić information content (AvgIpc) is 2.61. The van der Waals surface area contributed by atoms with E-state index in [9.17, 15) is 4.79 Å². The first kappa shape index (κ1) is 17.0. The van der Waals surface area contributed by atoms with Crippen LogP contribution in [-0.2, 0) is 11.3 Å². The standard InChI is InChI=1S/C19H24N2O2/c1-15(17-6-4-3-5-7-17)12-20-14-19(22)21-13-16-8-10-18(23-2)11-9-16/h3-11,15,20H,12-14H2,1-2H3,(H,21,22). The molecule has 0 fully saturated rings. The molecule has 1 unspecified atom stereocenters. The molecule has 2 rings (SSSR count). The average molecular weight is 312 g/mol. The number of methoxy groups -OCH3 is 1. The molecule has 0 spiro atoms. The van der Waals surface area contributed by atoms with Gasteiger partial charge in [0.25, 0.3) is 0 Å². The number of benzene rings is 2. The highest BCUT2D eigenvalue weighted by Gasteiger charge is 2.06. The Labute approximate surface area is 137 Å². The van der Waals surface area contributed by atoms with Gasteiger partial charge in [-0.25, -0.2) is 0 Å². The molecule has 0 heterocycles. The van der Waals surface area contributed by atoms with Crippen molar-refractivity contribution in [2.24, 2.45) is 0 Å². The van der Waals surface area contributed by atoms with Crippen molar-refractivity contribution in [2.45, 2.75) is 19.4 Å². The summed E-state index contributed by atoms with van der Waals surface area (Å²) in [5.74, 6) is 1.20. The second-order valence-corrected chi connectivity index (χ2v) is 5.57. The zero-order valence-electron chi connectivity index (χ0n) is 13.7. The van der Waals surface area contributed by atoms with E-state index in [1.165, 1.54) is 5.56 Å². The number of carbonyl (C=O) groups is 1. The zero-order chi connectivity index (χ0) is 16.5. The van der Waals surface area contributed by atoms with E-state index in [2.05, 4.69) is 29.7 Å². The summed E-state index contributed by atoms with van der Waals surface area (Å²) in [5, 5.41) is 6.11. The minimum atomic E-state index is 0.001000. The molecule has 0 aliphatic rings. The normalized spacial score (nSPS) is 11.7. The topological polar surface area (TPSA) is 50.4 Å². The molecular formula is C19H24N2O2. The van der Waals surface area contributed by atoms with Crippen LogP contribution in [0.4, 0.5) is 0 Å². The molecule has 23 heavy (non-hydrogen) atoms. The summed E-state index contributed by atoms with van der Waals surface area (Å²) in [6.45, 7) is 3.78. The molecule has 0 aromatic heterocycles. The monoisotopic (exact) mass is 312 g/mol. The third-order valence-electron chi connectivity index (χ3n) is 3.75. The summed E-state index contributed by atoms with van der Waals surface area (Å²) in [4.78, 5) is 11.9. The number of amides is 1. The lowest BCUT2D eigenvalue weighted by Crippen LogP contribution is -2.35. The van der Waals surface area contributed by atoms with Gasteiger partial charge in [-0.1, -0.05) is 49.4 Å². The van der Waals surface area contributed by atoms with Gasteiger partial charge in [-0.3, -0.25) is 4.79 Å². The maximum atomic E-state index is 11.9. The lowest BCUT2D eigenvalue weighted by molar-refractivity contribution is -0.120. The van der Waals surface area contributed by atoms with E-state index in [4.69, 9.17) is 4.74 Å². The van der Waals surface area contributed by atoms with Gasteiger partial charge in [0.1, 0.15) is 5.75 Å². The molecule has 1 atom stereocenters. The van der Waals surface area contributed by atoms with Crippen molar-refractivity contribution in [1.29, 1.82) is 0 Å². The largest absolute Gasteiger partial charge is 0.497 e. The number of ether oxygens (including phenoxy) is 1. The molecule has 0 saturated heterocycles.